The zero-order valence-electron chi connectivity index (χ0n) is 13.5. The monoisotopic (exact) mass is 301 g/mol. The number of hydrogen-bond acceptors (Lipinski definition) is 6. The molecule has 1 aliphatic rings. The summed E-state index contributed by atoms with van der Waals surface area (Å²) < 4.78 is 15.6. The van der Waals surface area contributed by atoms with Crippen LogP contribution in [0.3, 0.4) is 0 Å². The summed E-state index contributed by atoms with van der Waals surface area (Å²) in [5.41, 5.74) is -0.478. The SMILES string of the molecule is COCCOCCNC1=NCCN(C(=O)OC(C)(C)C)C1. The van der Waals surface area contributed by atoms with Gasteiger partial charge in [0.05, 0.1) is 32.9 Å². The van der Waals surface area contributed by atoms with Gasteiger partial charge in [0.25, 0.3) is 0 Å². The van der Waals surface area contributed by atoms with E-state index in [1.54, 1.807) is 12.0 Å². The zero-order valence-corrected chi connectivity index (χ0v) is 13.5. The van der Waals surface area contributed by atoms with E-state index in [1.165, 1.54) is 0 Å². The van der Waals surface area contributed by atoms with Crippen molar-refractivity contribution in [2.24, 2.45) is 4.99 Å². The Labute approximate surface area is 126 Å². The number of carbonyl (C=O) groups excluding carboxylic acids is 1. The van der Waals surface area contributed by atoms with Crippen LogP contribution in [-0.2, 0) is 14.2 Å². The first kappa shape index (κ1) is 17.7. The third-order valence-corrected chi connectivity index (χ3v) is 2.67. The van der Waals surface area contributed by atoms with Crippen molar-refractivity contribution in [2.45, 2.75) is 26.4 Å². The number of aliphatic imine (C=N–C) groups is 1. The third kappa shape index (κ3) is 7.87. The predicted octanol–water partition coefficient (Wildman–Crippen LogP) is 0.888. The van der Waals surface area contributed by atoms with Crippen LogP contribution >= 0.6 is 0 Å². The number of nitrogens with one attached hydrogen (secondary N) is 1. The highest BCUT2D eigenvalue weighted by Gasteiger charge is 2.24. The van der Waals surface area contributed by atoms with Gasteiger partial charge in [-0.3, -0.25) is 9.89 Å². The first-order chi connectivity index (χ1) is 9.92. The molecule has 1 rings (SSSR count). The fraction of sp³-hybridized carbons (Fsp3) is 0.857. The molecule has 0 aromatic carbocycles. The molecular weight excluding hydrogens is 274 g/mol. The van der Waals surface area contributed by atoms with E-state index >= 15 is 0 Å². The number of ether oxygens (including phenoxy) is 3. The van der Waals surface area contributed by atoms with Crippen LogP contribution in [-0.4, -0.2) is 75.5 Å². The highest BCUT2D eigenvalue weighted by atomic mass is 16.6. The lowest BCUT2D eigenvalue weighted by molar-refractivity contribution is 0.0276. The van der Waals surface area contributed by atoms with Gasteiger partial charge >= 0.3 is 6.09 Å². The van der Waals surface area contributed by atoms with Gasteiger partial charge in [-0.15, -0.1) is 0 Å². The van der Waals surface area contributed by atoms with E-state index < -0.39 is 5.60 Å². The minimum atomic E-state index is -0.478. The van der Waals surface area contributed by atoms with Crippen molar-refractivity contribution < 1.29 is 19.0 Å². The lowest BCUT2D eigenvalue weighted by Gasteiger charge is -2.29. The molecule has 0 spiro atoms. The molecule has 0 saturated heterocycles. The van der Waals surface area contributed by atoms with Gasteiger partial charge in [-0.2, -0.15) is 0 Å². The lowest BCUT2D eigenvalue weighted by Crippen LogP contribution is -2.47. The molecule has 122 valence electrons. The predicted molar refractivity (Wildman–Crippen MR) is 80.8 cm³/mol. The third-order valence-electron chi connectivity index (χ3n) is 2.67. The largest absolute Gasteiger partial charge is 0.444 e. The van der Waals surface area contributed by atoms with Gasteiger partial charge in [0.15, 0.2) is 0 Å². The van der Waals surface area contributed by atoms with Crippen LogP contribution in [0.4, 0.5) is 4.79 Å². The van der Waals surface area contributed by atoms with Crippen molar-refractivity contribution in [1.82, 2.24) is 10.2 Å². The number of amides is 1. The lowest BCUT2D eigenvalue weighted by atomic mass is 10.2. The normalized spacial score (nSPS) is 15.6. The fourth-order valence-corrected chi connectivity index (χ4v) is 1.72. The average molecular weight is 301 g/mol. The standard InChI is InChI=1S/C14H27N3O4/c1-14(2,3)21-13(18)17-7-5-15-12(11-17)16-6-8-20-10-9-19-4/h5-11H2,1-4H3,(H,15,16). The van der Waals surface area contributed by atoms with Gasteiger partial charge < -0.3 is 19.5 Å². The van der Waals surface area contributed by atoms with Crippen molar-refractivity contribution in [2.75, 3.05) is 53.1 Å². The van der Waals surface area contributed by atoms with Crippen LogP contribution in [0, 0.1) is 0 Å². The fourth-order valence-electron chi connectivity index (χ4n) is 1.72. The Hall–Kier alpha value is -1.34. The summed E-state index contributed by atoms with van der Waals surface area (Å²) >= 11 is 0. The molecule has 21 heavy (non-hydrogen) atoms. The van der Waals surface area contributed by atoms with Crippen LogP contribution in [0.25, 0.3) is 0 Å². The molecular formula is C14H27N3O4. The van der Waals surface area contributed by atoms with Gasteiger partial charge in [0.1, 0.15) is 11.4 Å². The molecule has 0 fully saturated rings. The van der Waals surface area contributed by atoms with Crippen molar-refractivity contribution in [1.29, 1.82) is 0 Å². The Kier molecular flexibility index (Phi) is 7.45. The zero-order chi connectivity index (χ0) is 15.7. The molecule has 0 aliphatic carbocycles. The van der Waals surface area contributed by atoms with Crippen molar-refractivity contribution in [3.05, 3.63) is 0 Å². The van der Waals surface area contributed by atoms with Gasteiger partial charge in [0.2, 0.25) is 0 Å². The molecule has 0 bridgehead atoms. The number of hydrogen-bond donors (Lipinski definition) is 1. The summed E-state index contributed by atoms with van der Waals surface area (Å²) in [5, 5.41) is 3.18. The molecule has 0 unspecified atom stereocenters. The number of methoxy groups -OCH3 is 1. The summed E-state index contributed by atoms with van der Waals surface area (Å²) in [6.45, 7) is 9.61. The summed E-state index contributed by atoms with van der Waals surface area (Å²) in [4.78, 5) is 18.0. The van der Waals surface area contributed by atoms with Crippen molar-refractivity contribution in [3.8, 4) is 0 Å². The van der Waals surface area contributed by atoms with Gasteiger partial charge in [-0.1, -0.05) is 0 Å². The molecule has 1 heterocycles. The molecule has 7 nitrogen and oxygen atoms in total. The maximum Gasteiger partial charge on any atom is 0.410 e. The Morgan fingerprint density at radius 2 is 2.10 bits per heavy atom. The van der Waals surface area contributed by atoms with E-state index in [9.17, 15) is 4.79 Å². The van der Waals surface area contributed by atoms with E-state index in [4.69, 9.17) is 14.2 Å². The van der Waals surface area contributed by atoms with Crippen LogP contribution in [0.1, 0.15) is 20.8 Å². The molecule has 0 radical (unpaired) electrons. The van der Waals surface area contributed by atoms with Gasteiger partial charge in [-0.05, 0) is 20.8 Å². The van der Waals surface area contributed by atoms with Crippen molar-refractivity contribution in [3.63, 3.8) is 0 Å². The Balaban J connectivity index is 2.25. The van der Waals surface area contributed by atoms with E-state index in [0.717, 1.165) is 5.84 Å². The summed E-state index contributed by atoms with van der Waals surface area (Å²) in [6, 6.07) is 0. The second kappa shape index (κ2) is 8.84. The van der Waals surface area contributed by atoms with Crippen molar-refractivity contribution >= 4 is 11.9 Å². The minimum absolute atomic E-state index is 0.298. The topological polar surface area (TPSA) is 72.4 Å². The molecule has 0 aromatic rings. The van der Waals surface area contributed by atoms with Gasteiger partial charge in [-0.25, -0.2) is 4.79 Å². The average Bonchev–Trinajstić information content (AvgIpc) is 2.41. The highest BCUT2D eigenvalue weighted by molar-refractivity contribution is 5.87. The molecule has 1 aliphatic heterocycles. The van der Waals surface area contributed by atoms with Crippen LogP contribution < -0.4 is 5.32 Å². The van der Waals surface area contributed by atoms with E-state index in [1.807, 2.05) is 20.8 Å². The second-order valence-electron chi connectivity index (χ2n) is 5.76. The smallest absolute Gasteiger partial charge is 0.410 e. The molecule has 0 saturated carbocycles. The van der Waals surface area contributed by atoms with Crippen LogP contribution in [0.5, 0.6) is 0 Å². The first-order valence-electron chi connectivity index (χ1n) is 7.24. The number of amidine groups is 1. The van der Waals surface area contributed by atoms with Gasteiger partial charge in [0, 0.05) is 20.2 Å². The maximum absolute atomic E-state index is 12.0. The number of carbonyl (C=O) groups is 1. The van der Waals surface area contributed by atoms with E-state index in [-0.39, 0.29) is 6.09 Å². The second-order valence-corrected chi connectivity index (χ2v) is 5.76. The van der Waals surface area contributed by atoms with Crippen LogP contribution in [0.2, 0.25) is 0 Å². The summed E-state index contributed by atoms with van der Waals surface area (Å²) in [6.07, 6.45) is -0.298. The van der Waals surface area contributed by atoms with E-state index in [2.05, 4.69) is 10.3 Å². The number of rotatable bonds is 6. The molecule has 1 N–H and O–H groups in total. The number of nitrogens with zero attached hydrogens (tertiary/aromatic N) is 2. The Morgan fingerprint density at radius 1 is 1.33 bits per heavy atom. The van der Waals surface area contributed by atoms with E-state index in [0.29, 0.717) is 46.0 Å². The maximum atomic E-state index is 12.0. The molecule has 7 heteroatoms. The van der Waals surface area contributed by atoms with Crippen LogP contribution in [0.15, 0.2) is 4.99 Å². The highest BCUT2D eigenvalue weighted by Crippen LogP contribution is 2.10. The first-order valence-corrected chi connectivity index (χ1v) is 7.24. The molecule has 0 aromatic heterocycles. The minimum Gasteiger partial charge on any atom is -0.444 e. The Bertz CT molecular complexity index is 353. The summed E-state index contributed by atoms with van der Waals surface area (Å²) in [5.74, 6) is 0.794. The molecule has 1 amide bonds. The Morgan fingerprint density at radius 3 is 2.76 bits per heavy atom. The molecule has 0 atom stereocenters. The summed E-state index contributed by atoms with van der Waals surface area (Å²) in [7, 11) is 1.64. The quantitative estimate of drug-likeness (QED) is 0.738.